The number of methoxy groups -OCH3 is 1. The third-order valence-corrected chi connectivity index (χ3v) is 3.34. The minimum atomic E-state index is -0.190. The Morgan fingerprint density at radius 2 is 1.84 bits per heavy atom. The Hall–Kier alpha value is -2.83. The van der Waals surface area contributed by atoms with E-state index in [1.165, 1.54) is 0 Å². The van der Waals surface area contributed by atoms with Gasteiger partial charge in [0.25, 0.3) is 5.91 Å². The van der Waals surface area contributed by atoms with Crippen molar-refractivity contribution in [3.05, 3.63) is 41.7 Å². The van der Waals surface area contributed by atoms with Crippen LogP contribution in [0.25, 0.3) is 0 Å². The van der Waals surface area contributed by atoms with Crippen LogP contribution < -0.4 is 20.1 Å². The van der Waals surface area contributed by atoms with E-state index in [4.69, 9.17) is 9.47 Å². The lowest BCUT2D eigenvalue weighted by atomic mass is 10.3. The number of aryl methyl sites for hydroxylation is 1. The van der Waals surface area contributed by atoms with Crippen molar-refractivity contribution < 1.29 is 14.3 Å². The van der Waals surface area contributed by atoms with Gasteiger partial charge >= 0.3 is 0 Å². The summed E-state index contributed by atoms with van der Waals surface area (Å²) in [5, 5.41) is 5.89. The highest BCUT2D eigenvalue weighted by Crippen LogP contribution is 2.16. The first-order valence-corrected chi connectivity index (χ1v) is 8.27. The van der Waals surface area contributed by atoms with E-state index in [0.717, 1.165) is 23.6 Å². The molecule has 0 saturated heterocycles. The van der Waals surface area contributed by atoms with Crippen LogP contribution in [0, 0.1) is 6.92 Å². The predicted octanol–water partition coefficient (Wildman–Crippen LogP) is 2.42. The lowest BCUT2D eigenvalue weighted by molar-refractivity contribution is 0.0948. The topological polar surface area (TPSA) is 85.4 Å². The van der Waals surface area contributed by atoms with Crippen LogP contribution in [-0.2, 0) is 0 Å². The fraction of sp³-hybridized carbons (Fsp3) is 0.389. The van der Waals surface area contributed by atoms with Crippen molar-refractivity contribution in [2.75, 3.05) is 32.1 Å². The van der Waals surface area contributed by atoms with Gasteiger partial charge in [-0.1, -0.05) is 6.92 Å². The number of rotatable bonds is 9. The van der Waals surface area contributed by atoms with Gasteiger partial charge in [0, 0.05) is 12.2 Å². The molecule has 0 atom stereocenters. The number of amides is 1. The van der Waals surface area contributed by atoms with Gasteiger partial charge in [-0.05, 0) is 43.7 Å². The van der Waals surface area contributed by atoms with Crippen LogP contribution in [0.4, 0.5) is 5.95 Å². The second kappa shape index (κ2) is 9.46. The van der Waals surface area contributed by atoms with Gasteiger partial charge in [-0.2, -0.15) is 0 Å². The zero-order valence-electron chi connectivity index (χ0n) is 14.8. The molecule has 0 bridgehead atoms. The van der Waals surface area contributed by atoms with Gasteiger partial charge in [0.15, 0.2) is 0 Å². The number of carbonyl (C=O) groups excluding carboxylic acids is 1. The first-order chi connectivity index (χ1) is 12.1. The molecule has 1 aromatic heterocycles. The number of aromatic nitrogens is 2. The largest absolute Gasteiger partial charge is 0.497 e. The lowest BCUT2D eigenvalue weighted by Gasteiger charge is -2.10. The minimum absolute atomic E-state index is 0.190. The molecule has 0 radical (unpaired) electrons. The Morgan fingerprint density at radius 1 is 1.12 bits per heavy atom. The molecule has 2 rings (SSSR count). The van der Waals surface area contributed by atoms with E-state index in [9.17, 15) is 4.79 Å². The Labute approximate surface area is 147 Å². The summed E-state index contributed by atoms with van der Waals surface area (Å²) in [6.07, 6.45) is 0.879. The zero-order chi connectivity index (χ0) is 18.1. The van der Waals surface area contributed by atoms with Gasteiger partial charge in [-0.3, -0.25) is 4.79 Å². The SMILES string of the molecule is CCCNC(=O)c1cc(C)nc(NCCOc2ccc(OC)cc2)n1. The molecule has 2 N–H and O–H groups in total. The predicted molar refractivity (Wildman–Crippen MR) is 96.4 cm³/mol. The monoisotopic (exact) mass is 344 g/mol. The molecule has 0 spiro atoms. The summed E-state index contributed by atoms with van der Waals surface area (Å²) in [5.41, 5.74) is 1.09. The standard InChI is InChI=1S/C18H24N4O3/c1-4-9-19-17(23)16-12-13(2)21-18(22-16)20-10-11-25-15-7-5-14(24-3)6-8-15/h5-8,12H,4,9-11H2,1-3H3,(H,19,23)(H,20,21,22). The summed E-state index contributed by atoms with van der Waals surface area (Å²) >= 11 is 0. The van der Waals surface area contributed by atoms with Crippen LogP contribution in [-0.4, -0.2) is 42.7 Å². The molecule has 0 unspecified atom stereocenters. The van der Waals surface area contributed by atoms with E-state index in [1.807, 2.05) is 38.1 Å². The summed E-state index contributed by atoms with van der Waals surface area (Å²) in [5.74, 6) is 1.77. The molecular formula is C18H24N4O3. The average Bonchev–Trinajstić information content (AvgIpc) is 2.63. The first-order valence-electron chi connectivity index (χ1n) is 8.27. The molecule has 0 fully saturated rings. The Bertz CT molecular complexity index is 689. The maximum absolute atomic E-state index is 12.0. The first kappa shape index (κ1) is 18.5. The summed E-state index contributed by atoms with van der Waals surface area (Å²) in [6.45, 7) is 5.42. The molecule has 0 aliphatic heterocycles. The lowest BCUT2D eigenvalue weighted by Crippen LogP contribution is -2.26. The molecule has 1 heterocycles. The zero-order valence-corrected chi connectivity index (χ0v) is 14.8. The second-order valence-corrected chi connectivity index (χ2v) is 5.42. The van der Waals surface area contributed by atoms with Crippen LogP contribution in [0.15, 0.2) is 30.3 Å². The van der Waals surface area contributed by atoms with Gasteiger partial charge in [-0.25, -0.2) is 9.97 Å². The molecular weight excluding hydrogens is 320 g/mol. The molecule has 0 aliphatic carbocycles. The molecule has 1 amide bonds. The Balaban J connectivity index is 1.85. The van der Waals surface area contributed by atoms with E-state index < -0.39 is 0 Å². The molecule has 0 saturated carbocycles. The number of hydrogen-bond acceptors (Lipinski definition) is 6. The number of anilines is 1. The number of hydrogen-bond donors (Lipinski definition) is 2. The molecule has 25 heavy (non-hydrogen) atoms. The average molecular weight is 344 g/mol. The van der Waals surface area contributed by atoms with Gasteiger partial charge in [0.2, 0.25) is 5.95 Å². The smallest absolute Gasteiger partial charge is 0.270 e. The molecule has 1 aromatic carbocycles. The van der Waals surface area contributed by atoms with Crippen molar-refractivity contribution in [3.8, 4) is 11.5 Å². The van der Waals surface area contributed by atoms with E-state index in [2.05, 4.69) is 20.6 Å². The Kier molecular flexibility index (Phi) is 7.00. The van der Waals surface area contributed by atoms with Crippen LogP contribution in [0.2, 0.25) is 0 Å². The normalized spacial score (nSPS) is 10.2. The van der Waals surface area contributed by atoms with Crippen LogP contribution in [0.1, 0.15) is 29.5 Å². The van der Waals surface area contributed by atoms with Crippen molar-refractivity contribution in [3.63, 3.8) is 0 Å². The van der Waals surface area contributed by atoms with Crippen LogP contribution in [0.5, 0.6) is 11.5 Å². The second-order valence-electron chi connectivity index (χ2n) is 5.42. The fourth-order valence-corrected chi connectivity index (χ4v) is 2.10. The van der Waals surface area contributed by atoms with E-state index in [-0.39, 0.29) is 5.91 Å². The van der Waals surface area contributed by atoms with Crippen molar-refractivity contribution >= 4 is 11.9 Å². The Morgan fingerprint density at radius 3 is 2.52 bits per heavy atom. The quantitative estimate of drug-likeness (QED) is 0.680. The highest BCUT2D eigenvalue weighted by atomic mass is 16.5. The number of benzene rings is 1. The summed E-state index contributed by atoms with van der Waals surface area (Å²) < 4.78 is 10.7. The molecule has 7 nitrogen and oxygen atoms in total. The van der Waals surface area contributed by atoms with E-state index >= 15 is 0 Å². The van der Waals surface area contributed by atoms with E-state index in [0.29, 0.717) is 31.3 Å². The van der Waals surface area contributed by atoms with E-state index in [1.54, 1.807) is 13.2 Å². The number of nitrogens with one attached hydrogen (secondary N) is 2. The molecule has 2 aromatic rings. The van der Waals surface area contributed by atoms with Crippen molar-refractivity contribution in [2.45, 2.75) is 20.3 Å². The minimum Gasteiger partial charge on any atom is -0.497 e. The van der Waals surface area contributed by atoms with Crippen LogP contribution in [0.3, 0.4) is 0 Å². The molecule has 7 heteroatoms. The summed E-state index contributed by atoms with van der Waals surface area (Å²) in [7, 11) is 1.62. The van der Waals surface area contributed by atoms with Crippen molar-refractivity contribution in [2.24, 2.45) is 0 Å². The number of carbonyl (C=O) groups is 1. The highest BCUT2D eigenvalue weighted by Gasteiger charge is 2.09. The van der Waals surface area contributed by atoms with Gasteiger partial charge in [-0.15, -0.1) is 0 Å². The van der Waals surface area contributed by atoms with Gasteiger partial charge in [0.05, 0.1) is 13.7 Å². The van der Waals surface area contributed by atoms with Crippen LogP contribution >= 0.6 is 0 Å². The fourth-order valence-electron chi connectivity index (χ4n) is 2.10. The van der Waals surface area contributed by atoms with Gasteiger partial charge < -0.3 is 20.1 Å². The number of ether oxygens (including phenoxy) is 2. The summed E-state index contributed by atoms with van der Waals surface area (Å²) in [6, 6.07) is 9.04. The number of nitrogens with zero attached hydrogens (tertiary/aromatic N) is 2. The molecule has 0 aliphatic rings. The van der Waals surface area contributed by atoms with Gasteiger partial charge in [0.1, 0.15) is 23.8 Å². The summed E-state index contributed by atoms with van der Waals surface area (Å²) in [4.78, 5) is 20.5. The third-order valence-electron chi connectivity index (χ3n) is 3.34. The maximum atomic E-state index is 12.0. The third kappa shape index (κ3) is 5.95. The maximum Gasteiger partial charge on any atom is 0.270 e. The van der Waals surface area contributed by atoms with Crippen molar-refractivity contribution in [1.82, 2.24) is 15.3 Å². The highest BCUT2D eigenvalue weighted by molar-refractivity contribution is 5.92. The van der Waals surface area contributed by atoms with Crippen molar-refractivity contribution in [1.29, 1.82) is 0 Å². The molecule has 134 valence electrons.